The van der Waals surface area contributed by atoms with Gasteiger partial charge in [-0.3, -0.25) is 4.90 Å². The van der Waals surface area contributed by atoms with Crippen molar-refractivity contribution in [2.75, 3.05) is 46.3 Å². The van der Waals surface area contributed by atoms with Crippen molar-refractivity contribution in [1.82, 2.24) is 20.0 Å². The van der Waals surface area contributed by atoms with Gasteiger partial charge in [-0.2, -0.15) is 0 Å². The molecule has 2 N–H and O–H groups in total. The molecule has 6 nitrogen and oxygen atoms in total. The predicted molar refractivity (Wildman–Crippen MR) is 98.3 cm³/mol. The van der Waals surface area contributed by atoms with Crippen molar-refractivity contribution < 1.29 is 9.90 Å². The average Bonchev–Trinajstić information content (AvgIpc) is 3.02. The summed E-state index contributed by atoms with van der Waals surface area (Å²) in [6.45, 7) is 5.73. The molecule has 0 spiro atoms. The van der Waals surface area contributed by atoms with Gasteiger partial charge in [0.1, 0.15) is 0 Å². The van der Waals surface area contributed by atoms with Gasteiger partial charge in [-0.1, -0.05) is 30.3 Å². The molecule has 0 saturated carbocycles. The van der Waals surface area contributed by atoms with E-state index in [4.69, 9.17) is 0 Å². The molecule has 1 atom stereocenters. The van der Waals surface area contributed by atoms with E-state index in [1.165, 1.54) is 5.56 Å². The number of β-amino-alcohol motifs (C(OH)–C–C–N with tert-alkyl or cyclic N) is 1. The van der Waals surface area contributed by atoms with E-state index in [0.717, 1.165) is 45.6 Å². The van der Waals surface area contributed by atoms with Crippen molar-refractivity contribution in [1.29, 1.82) is 0 Å². The van der Waals surface area contributed by atoms with Crippen LogP contribution in [0.25, 0.3) is 0 Å². The highest BCUT2D eigenvalue weighted by Gasteiger charge is 2.31. The number of benzene rings is 1. The SMILES string of the molecule is CN(Cc1ccccc1)C[C@@H](O)CN1CCC(N2CCNC2=O)CC1. The molecular weight excluding hydrogens is 316 g/mol. The molecule has 0 radical (unpaired) electrons. The minimum Gasteiger partial charge on any atom is -0.390 e. The topological polar surface area (TPSA) is 59.1 Å². The quantitative estimate of drug-likeness (QED) is 0.772. The van der Waals surface area contributed by atoms with Crippen molar-refractivity contribution in [2.45, 2.75) is 31.5 Å². The van der Waals surface area contributed by atoms with Gasteiger partial charge >= 0.3 is 6.03 Å². The molecule has 2 aliphatic heterocycles. The van der Waals surface area contributed by atoms with Crippen LogP contribution in [0.15, 0.2) is 30.3 Å². The van der Waals surface area contributed by atoms with E-state index >= 15 is 0 Å². The summed E-state index contributed by atoms with van der Waals surface area (Å²) in [6.07, 6.45) is 1.65. The number of urea groups is 1. The van der Waals surface area contributed by atoms with E-state index in [-0.39, 0.29) is 12.1 Å². The molecule has 6 heteroatoms. The Bertz CT molecular complexity index is 546. The molecule has 2 saturated heterocycles. The van der Waals surface area contributed by atoms with Crippen LogP contribution in [0.5, 0.6) is 0 Å². The number of amides is 2. The fourth-order valence-corrected chi connectivity index (χ4v) is 3.92. The molecule has 0 unspecified atom stereocenters. The van der Waals surface area contributed by atoms with Crippen LogP contribution < -0.4 is 5.32 Å². The number of likely N-dealkylation sites (tertiary alicyclic amines) is 1. The van der Waals surface area contributed by atoms with E-state index in [9.17, 15) is 9.90 Å². The highest BCUT2D eigenvalue weighted by molar-refractivity contribution is 5.76. The second-order valence-electron chi connectivity index (χ2n) is 7.29. The summed E-state index contributed by atoms with van der Waals surface area (Å²) < 4.78 is 0. The minimum absolute atomic E-state index is 0.0843. The zero-order chi connectivity index (χ0) is 17.6. The number of rotatable bonds is 7. The molecule has 0 bridgehead atoms. The van der Waals surface area contributed by atoms with Gasteiger partial charge in [-0.05, 0) is 25.5 Å². The third-order valence-electron chi connectivity index (χ3n) is 5.17. The van der Waals surface area contributed by atoms with Gasteiger partial charge in [0.2, 0.25) is 0 Å². The summed E-state index contributed by atoms with van der Waals surface area (Å²) in [5, 5.41) is 13.3. The number of likely N-dealkylation sites (N-methyl/N-ethyl adjacent to an activating group) is 1. The number of carbonyl (C=O) groups is 1. The highest BCUT2D eigenvalue weighted by atomic mass is 16.3. The van der Waals surface area contributed by atoms with Crippen LogP contribution in [0.2, 0.25) is 0 Å². The Morgan fingerprint density at radius 3 is 2.60 bits per heavy atom. The van der Waals surface area contributed by atoms with Crippen LogP contribution in [-0.2, 0) is 6.54 Å². The summed E-state index contributed by atoms with van der Waals surface area (Å²) in [4.78, 5) is 18.2. The maximum atomic E-state index is 11.8. The zero-order valence-electron chi connectivity index (χ0n) is 15.1. The molecule has 2 aliphatic rings. The van der Waals surface area contributed by atoms with Crippen LogP contribution >= 0.6 is 0 Å². The Morgan fingerprint density at radius 2 is 1.96 bits per heavy atom. The largest absolute Gasteiger partial charge is 0.390 e. The van der Waals surface area contributed by atoms with Gasteiger partial charge in [0.25, 0.3) is 0 Å². The average molecular weight is 346 g/mol. The van der Waals surface area contributed by atoms with E-state index in [2.05, 4.69) is 34.3 Å². The van der Waals surface area contributed by atoms with E-state index in [0.29, 0.717) is 19.1 Å². The Balaban J connectivity index is 1.37. The second-order valence-corrected chi connectivity index (χ2v) is 7.29. The first kappa shape index (κ1) is 18.2. The lowest BCUT2D eigenvalue weighted by Crippen LogP contribution is -2.48. The first-order valence-electron chi connectivity index (χ1n) is 9.29. The van der Waals surface area contributed by atoms with Crippen LogP contribution in [0.1, 0.15) is 18.4 Å². The maximum Gasteiger partial charge on any atom is 0.317 e. The molecule has 25 heavy (non-hydrogen) atoms. The lowest BCUT2D eigenvalue weighted by Gasteiger charge is -2.37. The molecule has 2 amide bonds. The smallest absolute Gasteiger partial charge is 0.317 e. The standard InChI is InChI=1S/C19H30N4O2/c1-21(13-16-5-3-2-4-6-16)14-18(24)15-22-10-7-17(8-11-22)23-12-9-20-19(23)25/h2-6,17-18,24H,7-15H2,1H3,(H,20,25)/t18-/m1/s1. The van der Waals surface area contributed by atoms with Crippen molar-refractivity contribution in [2.24, 2.45) is 0 Å². The van der Waals surface area contributed by atoms with Gasteiger partial charge in [-0.25, -0.2) is 4.79 Å². The van der Waals surface area contributed by atoms with Crippen molar-refractivity contribution in [3.8, 4) is 0 Å². The van der Waals surface area contributed by atoms with Crippen LogP contribution in [0, 0.1) is 0 Å². The van der Waals surface area contributed by atoms with Gasteiger partial charge in [0, 0.05) is 51.9 Å². The molecule has 0 aliphatic carbocycles. The minimum atomic E-state index is -0.347. The summed E-state index contributed by atoms with van der Waals surface area (Å²) >= 11 is 0. The number of carbonyl (C=O) groups excluding carboxylic acids is 1. The molecule has 0 aromatic heterocycles. The van der Waals surface area contributed by atoms with Crippen molar-refractivity contribution in [3.05, 3.63) is 35.9 Å². The maximum absolute atomic E-state index is 11.8. The number of nitrogens with one attached hydrogen (secondary N) is 1. The lowest BCUT2D eigenvalue weighted by molar-refractivity contribution is 0.0595. The molecular formula is C19H30N4O2. The Labute approximate surface area is 150 Å². The van der Waals surface area contributed by atoms with E-state index in [1.807, 2.05) is 23.1 Å². The molecule has 1 aromatic carbocycles. The Morgan fingerprint density at radius 1 is 1.24 bits per heavy atom. The van der Waals surface area contributed by atoms with Crippen LogP contribution in [0.4, 0.5) is 4.79 Å². The Kier molecular flexibility index (Phi) is 6.29. The van der Waals surface area contributed by atoms with Gasteiger partial charge < -0.3 is 20.2 Å². The molecule has 2 fully saturated rings. The number of hydrogen-bond donors (Lipinski definition) is 2. The molecule has 1 aromatic rings. The lowest BCUT2D eigenvalue weighted by atomic mass is 10.0. The predicted octanol–water partition coefficient (Wildman–Crippen LogP) is 0.969. The van der Waals surface area contributed by atoms with Gasteiger partial charge in [-0.15, -0.1) is 0 Å². The number of aliphatic hydroxyl groups is 1. The van der Waals surface area contributed by atoms with E-state index in [1.54, 1.807) is 0 Å². The summed E-state index contributed by atoms with van der Waals surface area (Å²) in [5.74, 6) is 0. The van der Waals surface area contributed by atoms with Gasteiger partial charge in [0.05, 0.1) is 6.10 Å². The first-order valence-corrected chi connectivity index (χ1v) is 9.29. The van der Waals surface area contributed by atoms with Gasteiger partial charge in [0.15, 0.2) is 0 Å². The highest BCUT2D eigenvalue weighted by Crippen LogP contribution is 2.18. The van der Waals surface area contributed by atoms with Crippen LogP contribution in [0.3, 0.4) is 0 Å². The number of hydrogen-bond acceptors (Lipinski definition) is 4. The molecule has 138 valence electrons. The first-order chi connectivity index (χ1) is 12.1. The zero-order valence-corrected chi connectivity index (χ0v) is 15.1. The summed E-state index contributed by atoms with van der Waals surface area (Å²) in [7, 11) is 2.05. The molecule has 2 heterocycles. The third kappa shape index (κ3) is 5.17. The summed E-state index contributed by atoms with van der Waals surface area (Å²) in [5.41, 5.74) is 1.27. The second kappa shape index (κ2) is 8.65. The molecule has 3 rings (SSSR count). The van der Waals surface area contributed by atoms with E-state index < -0.39 is 0 Å². The van der Waals surface area contributed by atoms with Crippen molar-refractivity contribution >= 4 is 6.03 Å². The monoisotopic (exact) mass is 346 g/mol. The fraction of sp³-hybridized carbons (Fsp3) is 0.632. The fourth-order valence-electron chi connectivity index (χ4n) is 3.92. The third-order valence-corrected chi connectivity index (χ3v) is 5.17. The van der Waals surface area contributed by atoms with Crippen molar-refractivity contribution in [3.63, 3.8) is 0 Å². The Hall–Kier alpha value is -1.63. The summed E-state index contributed by atoms with van der Waals surface area (Å²) in [6, 6.07) is 10.8. The number of nitrogens with zero attached hydrogens (tertiary/aromatic N) is 3. The van der Waals surface area contributed by atoms with Crippen LogP contribution in [-0.4, -0.2) is 84.3 Å². The number of piperidine rings is 1. The normalized spacial score (nSPS) is 20.9. The number of aliphatic hydroxyl groups excluding tert-OH is 1.